The number of amides is 3. The molecular weight excluding hydrogens is 582 g/mol. The maximum atomic E-state index is 13.6. The van der Waals surface area contributed by atoms with Crippen molar-refractivity contribution in [3.63, 3.8) is 0 Å². The van der Waals surface area contributed by atoms with Crippen molar-refractivity contribution in [1.82, 2.24) is 10.0 Å². The average molecular weight is 600 g/mol. The normalized spacial score (nSPS) is 24.5. The molecule has 2 fully saturated rings. The van der Waals surface area contributed by atoms with E-state index in [1.54, 1.807) is 18.2 Å². The molecular formula is C22H18Br2ClN3O5. The molecule has 4 rings (SSSR count). The van der Waals surface area contributed by atoms with Gasteiger partial charge in [0.25, 0.3) is 23.4 Å². The molecule has 1 aliphatic carbocycles. The molecule has 2 aromatic rings. The first-order chi connectivity index (χ1) is 15.7. The smallest absolute Gasteiger partial charge is 0.272 e. The molecule has 33 heavy (non-hydrogen) atoms. The summed E-state index contributed by atoms with van der Waals surface area (Å²) in [5, 5.41) is 13.5. The highest BCUT2D eigenvalue weighted by atomic mass is 79.9. The topological polar surface area (TPSA) is 101 Å². The SMILES string of the molecule is O=C(c1ccccc1Cl)N(Cc1ccccc1[N+](=O)[O-])N1C(=O)[C@@H]2C[C@@H](Br)[C@@H](Br)C[C@H]2C1=O. The Labute approximate surface area is 211 Å². The van der Waals surface area contributed by atoms with E-state index in [2.05, 4.69) is 31.9 Å². The lowest BCUT2D eigenvalue weighted by Crippen LogP contribution is -2.50. The van der Waals surface area contributed by atoms with Gasteiger partial charge in [0, 0.05) is 15.7 Å². The molecule has 4 atom stereocenters. The van der Waals surface area contributed by atoms with Gasteiger partial charge in [-0.2, -0.15) is 5.01 Å². The highest BCUT2D eigenvalue weighted by molar-refractivity contribution is 9.12. The fourth-order valence-electron chi connectivity index (χ4n) is 4.31. The van der Waals surface area contributed by atoms with Crippen molar-refractivity contribution in [3.05, 3.63) is 74.8 Å². The van der Waals surface area contributed by atoms with Gasteiger partial charge in [-0.1, -0.05) is 73.8 Å². The Balaban J connectivity index is 1.77. The van der Waals surface area contributed by atoms with Gasteiger partial charge in [0.05, 0.1) is 39.5 Å². The number of fused-ring (bicyclic) bond motifs is 1. The molecule has 1 saturated carbocycles. The van der Waals surface area contributed by atoms with Crippen molar-refractivity contribution in [2.24, 2.45) is 11.8 Å². The summed E-state index contributed by atoms with van der Waals surface area (Å²) in [6.45, 7) is -0.340. The molecule has 1 aliphatic heterocycles. The van der Waals surface area contributed by atoms with E-state index in [1.165, 1.54) is 30.3 Å². The quantitative estimate of drug-likeness (QED) is 0.214. The molecule has 0 spiro atoms. The number of rotatable bonds is 5. The number of imide groups is 1. The van der Waals surface area contributed by atoms with Crippen LogP contribution >= 0.6 is 43.5 Å². The fourth-order valence-corrected chi connectivity index (χ4v) is 5.76. The third-order valence-corrected chi connectivity index (χ3v) is 9.04. The van der Waals surface area contributed by atoms with E-state index in [4.69, 9.17) is 11.6 Å². The maximum Gasteiger partial charge on any atom is 0.274 e. The maximum absolute atomic E-state index is 13.6. The number of carbonyl (C=O) groups is 3. The zero-order valence-corrected chi connectivity index (χ0v) is 21.0. The van der Waals surface area contributed by atoms with Gasteiger partial charge < -0.3 is 0 Å². The summed E-state index contributed by atoms with van der Waals surface area (Å²) in [4.78, 5) is 51.3. The zero-order valence-electron chi connectivity index (χ0n) is 17.1. The third-order valence-electron chi connectivity index (χ3n) is 5.98. The van der Waals surface area contributed by atoms with Crippen molar-refractivity contribution in [3.8, 4) is 0 Å². The van der Waals surface area contributed by atoms with Crippen LogP contribution in [0.4, 0.5) is 5.69 Å². The van der Waals surface area contributed by atoms with Crippen LogP contribution in [0.2, 0.25) is 5.02 Å². The summed E-state index contributed by atoms with van der Waals surface area (Å²) in [6, 6.07) is 12.2. The minimum absolute atomic E-state index is 0.00150. The van der Waals surface area contributed by atoms with Gasteiger partial charge in [-0.3, -0.25) is 24.5 Å². The van der Waals surface area contributed by atoms with Crippen LogP contribution < -0.4 is 0 Å². The molecule has 8 nitrogen and oxygen atoms in total. The van der Waals surface area contributed by atoms with Gasteiger partial charge >= 0.3 is 0 Å². The monoisotopic (exact) mass is 597 g/mol. The van der Waals surface area contributed by atoms with Gasteiger partial charge in [0.2, 0.25) is 0 Å². The van der Waals surface area contributed by atoms with Crippen LogP contribution in [-0.4, -0.2) is 42.3 Å². The number of halogens is 3. The number of nitro benzene ring substituents is 1. The molecule has 1 saturated heterocycles. The fraction of sp³-hybridized carbons (Fsp3) is 0.318. The number of hydrogen-bond acceptors (Lipinski definition) is 5. The lowest BCUT2D eigenvalue weighted by atomic mass is 9.81. The lowest BCUT2D eigenvalue weighted by molar-refractivity contribution is -0.385. The van der Waals surface area contributed by atoms with Crippen LogP contribution in [0.15, 0.2) is 48.5 Å². The van der Waals surface area contributed by atoms with Crippen molar-refractivity contribution in [2.75, 3.05) is 0 Å². The first kappa shape index (κ1) is 23.8. The van der Waals surface area contributed by atoms with E-state index in [-0.39, 0.29) is 38.0 Å². The van der Waals surface area contributed by atoms with Crippen LogP contribution in [0.3, 0.4) is 0 Å². The van der Waals surface area contributed by atoms with Gasteiger partial charge in [0.15, 0.2) is 0 Å². The molecule has 0 unspecified atom stereocenters. The van der Waals surface area contributed by atoms with Crippen molar-refractivity contribution >= 4 is 66.9 Å². The molecule has 2 aromatic carbocycles. The standard InChI is InChI=1S/C22H18Br2ClN3O5/c23-16-9-14-15(10-17(16)24)22(31)27(21(14)30)26(20(29)13-6-2-3-7-18(13)25)11-12-5-1-4-8-19(12)28(32)33/h1-8,14-17H,9-11H2/t14-,15-,16-,17+/m1/s1. The summed E-state index contributed by atoms with van der Waals surface area (Å²) in [7, 11) is 0. The minimum Gasteiger partial charge on any atom is -0.272 e. The summed E-state index contributed by atoms with van der Waals surface area (Å²) in [5.74, 6) is -2.84. The van der Waals surface area contributed by atoms with E-state index in [1.807, 2.05) is 0 Å². The van der Waals surface area contributed by atoms with Crippen LogP contribution in [-0.2, 0) is 16.1 Å². The summed E-state index contributed by atoms with van der Waals surface area (Å²) in [6.07, 6.45) is 0.864. The van der Waals surface area contributed by atoms with Crippen LogP contribution in [0.25, 0.3) is 0 Å². The highest BCUT2D eigenvalue weighted by Gasteiger charge is 2.54. The Bertz CT molecular complexity index is 1120. The van der Waals surface area contributed by atoms with E-state index in [9.17, 15) is 24.5 Å². The van der Waals surface area contributed by atoms with Crippen molar-refractivity contribution < 1.29 is 19.3 Å². The number of hydrazine groups is 1. The number of benzene rings is 2. The largest absolute Gasteiger partial charge is 0.274 e. The molecule has 11 heteroatoms. The Morgan fingerprint density at radius 2 is 1.58 bits per heavy atom. The summed E-state index contributed by atoms with van der Waals surface area (Å²) >= 11 is 13.3. The Morgan fingerprint density at radius 1 is 1.03 bits per heavy atom. The Hall–Kier alpha value is -2.30. The molecule has 0 bridgehead atoms. The second kappa shape index (κ2) is 9.52. The molecule has 0 N–H and O–H groups in total. The Morgan fingerprint density at radius 3 is 2.15 bits per heavy atom. The van der Waals surface area contributed by atoms with E-state index in [0.29, 0.717) is 12.8 Å². The number of para-hydroxylation sites is 1. The number of carbonyl (C=O) groups excluding carboxylic acids is 3. The molecule has 0 radical (unpaired) electrons. The molecule has 0 aromatic heterocycles. The van der Waals surface area contributed by atoms with Crippen molar-refractivity contribution in [2.45, 2.75) is 29.0 Å². The number of hydrogen-bond donors (Lipinski definition) is 0. The molecule has 2 aliphatic rings. The van der Waals surface area contributed by atoms with Crippen LogP contribution in [0.1, 0.15) is 28.8 Å². The number of nitro groups is 1. The van der Waals surface area contributed by atoms with Gasteiger partial charge in [-0.15, -0.1) is 0 Å². The first-order valence-electron chi connectivity index (χ1n) is 10.1. The minimum atomic E-state index is -0.690. The molecule has 172 valence electrons. The number of nitrogens with zero attached hydrogens (tertiary/aromatic N) is 3. The van der Waals surface area contributed by atoms with Gasteiger partial charge in [-0.05, 0) is 25.0 Å². The summed E-state index contributed by atoms with van der Waals surface area (Å²) in [5.41, 5.74) is 0.0621. The second-order valence-corrected chi connectivity index (χ2v) is 10.7. The number of alkyl halides is 2. The zero-order chi connectivity index (χ0) is 23.9. The highest BCUT2D eigenvalue weighted by Crippen LogP contribution is 2.44. The predicted molar refractivity (Wildman–Crippen MR) is 128 cm³/mol. The molecule has 1 heterocycles. The predicted octanol–water partition coefficient (Wildman–Crippen LogP) is 4.73. The first-order valence-corrected chi connectivity index (χ1v) is 12.4. The summed E-state index contributed by atoms with van der Waals surface area (Å²) < 4.78 is 0. The van der Waals surface area contributed by atoms with Gasteiger partial charge in [0.1, 0.15) is 0 Å². The average Bonchev–Trinajstić information content (AvgIpc) is 3.02. The van der Waals surface area contributed by atoms with Gasteiger partial charge in [-0.25, -0.2) is 5.01 Å². The van der Waals surface area contributed by atoms with E-state index in [0.717, 1.165) is 10.0 Å². The molecule has 3 amide bonds. The van der Waals surface area contributed by atoms with Crippen LogP contribution in [0.5, 0.6) is 0 Å². The lowest BCUT2D eigenvalue weighted by Gasteiger charge is -2.30. The van der Waals surface area contributed by atoms with E-state index >= 15 is 0 Å². The second-order valence-electron chi connectivity index (χ2n) is 7.93. The van der Waals surface area contributed by atoms with Crippen molar-refractivity contribution in [1.29, 1.82) is 0 Å². The third kappa shape index (κ3) is 4.43. The Kier molecular flexibility index (Phi) is 6.88. The van der Waals surface area contributed by atoms with Crippen LogP contribution in [0, 0.1) is 22.0 Å². The van der Waals surface area contributed by atoms with E-state index < -0.39 is 34.5 Å².